The molecule has 0 fully saturated rings. The fourth-order valence-electron chi connectivity index (χ4n) is 3.91. The summed E-state index contributed by atoms with van der Waals surface area (Å²) in [5, 5.41) is 11.8. The van der Waals surface area contributed by atoms with E-state index >= 15 is 0 Å². The Morgan fingerprint density at radius 3 is 1.60 bits per heavy atom. The summed E-state index contributed by atoms with van der Waals surface area (Å²) < 4.78 is 0. The first-order valence-electron chi connectivity index (χ1n) is 12.4. The lowest BCUT2D eigenvalue weighted by atomic mass is 10.0. The van der Waals surface area contributed by atoms with E-state index < -0.39 is 0 Å². The number of rotatable bonds is 20. The smallest absolute Gasteiger partial charge is 0.220 e. The number of amides is 1. The van der Waals surface area contributed by atoms with E-state index in [9.17, 15) is 4.79 Å². The quantitative estimate of drug-likeness (QED) is 0.227. The molecule has 0 bridgehead atoms. The lowest BCUT2D eigenvalue weighted by Gasteiger charge is -2.09. The van der Waals surface area contributed by atoms with Gasteiger partial charge in [0, 0.05) is 26.1 Å². The van der Waals surface area contributed by atoms with Gasteiger partial charge in [0.25, 0.3) is 0 Å². The highest BCUT2D eigenvalue weighted by Gasteiger charge is 2.04. The summed E-state index contributed by atoms with van der Waals surface area (Å²) in [4.78, 5) is 12.0. The van der Waals surface area contributed by atoms with Crippen molar-refractivity contribution in [1.82, 2.24) is 5.32 Å². The van der Waals surface area contributed by atoms with E-state index in [0.29, 0.717) is 26.1 Å². The number of nitrogens with two attached hydrogens (primary N) is 1. The molecule has 0 aliphatic heterocycles. The molecule has 4 nitrogen and oxygen atoms in total. The SMILES string of the molecule is NCc1ccccc1CNC(=O)CCCCCCCCCCCCCCCCCO. The molecule has 0 spiro atoms. The third-order valence-electron chi connectivity index (χ3n) is 5.88. The van der Waals surface area contributed by atoms with Crippen molar-refractivity contribution in [2.45, 2.75) is 116 Å². The Balaban J connectivity index is 1.83. The number of carbonyl (C=O) groups is 1. The van der Waals surface area contributed by atoms with E-state index in [1.54, 1.807) is 0 Å². The maximum atomic E-state index is 12.0. The zero-order valence-electron chi connectivity index (χ0n) is 19.2. The monoisotopic (exact) mass is 418 g/mol. The third kappa shape index (κ3) is 14.6. The van der Waals surface area contributed by atoms with E-state index in [1.807, 2.05) is 24.3 Å². The van der Waals surface area contributed by atoms with Crippen LogP contribution in [0.5, 0.6) is 0 Å². The lowest BCUT2D eigenvalue weighted by molar-refractivity contribution is -0.121. The molecule has 0 aliphatic rings. The summed E-state index contributed by atoms with van der Waals surface area (Å²) in [7, 11) is 0. The summed E-state index contributed by atoms with van der Waals surface area (Å²) in [6, 6.07) is 8.02. The second-order valence-electron chi connectivity index (χ2n) is 8.53. The van der Waals surface area contributed by atoms with Crippen molar-refractivity contribution in [3.63, 3.8) is 0 Å². The third-order valence-corrected chi connectivity index (χ3v) is 5.88. The average Bonchev–Trinajstić information content (AvgIpc) is 2.77. The molecular formula is C26H46N2O2. The van der Waals surface area contributed by atoms with Crippen LogP contribution < -0.4 is 11.1 Å². The largest absolute Gasteiger partial charge is 0.396 e. The zero-order chi connectivity index (χ0) is 21.7. The van der Waals surface area contributed by atoms with Gasteiger partial charge in [0.05, 0.1) is 0 Å². The molecule has 1 aromatic carbocycles. The van der Waals surface area contributed by atoms with Gasteiger partial charge in [-0.05, 0) is 24.0 Å². The highest BCUT2D eigenvalue weighted by atomic mass is 16.2. The molecule has 4 heteroatoms. The number of hydrogen-bond acceptors (Lipinski definition) is 3. The maximum absolute atomic E-state index is 12.0. The number of nitrogens with one attached hydrogen (secondary N) is 1. The number of hydrogen-bond donors (Lipinski definition) is 3. The van der Waals surface area contributed by atoms with Gasteiger partial charge in [-0.2, -0.15) is 0 Å². The van der Waals surface area contributed by atoms with Gasteiger partial charge in [-0.25, -0.2) is 0 Å². The van der Waals surface area contributed by atoms with E-state index in [-0.39, 0.29) is 5.91 Å². The van der Waals surface area contributed by atoms with Crippen molar-refractivity contribution >= 4 is 5.91 Å². The van der Waals surface area contributed by atoms with E-state index in [0.717, 1.165) is 30.4 Å². The van der Waals surface area contributed by atoms with E-state index in [2.05, 4.69) is 5.32 Å². The average molecular weight is 419 g/mol. The van der Waals surface area contributed by atoms with Gasteiger partial charge in [0.1, 0.15) is 0 Å². The molecule has 0 unspecified atom stereocenters. The van der Waals surface area contributed by atoms with Crippen LogP contribution in [0.4, 0.5) is 0 Å². The predicted octanol–water partition coefficient (Wildman–Crippen LogP) is 6.00. The maximum Gasteiger partial charge on any atom is 0.220 e. The van der Waals surface area contributed by atoms with Crippen LogP contribution in [-0.4, -0.2) is 17.6 Å². The molecule has 0 radical (unpaired) electrons. The Kier molecular flexibility index (Phi) is 17.4. The van der Waals surface area contributed by atoms with Gasteiger partial charge in [-0.15, -0.1) is 0 Å². The minimum Gasteiger partial charge on any atom is -0.396 e. The van der Waals surface area contributed by atoms with Crippen LogP contribution in [-0.2, 0) is 17.9 Å². The lowest BCUT2D eigenvalue weighted by Crippen LogP contribution is -2.23. The van der Waals surface area contributed by atoms with Crippen molar-refractivity contribution in [2.75, 3.05) is 6.61 Å². The second-order valence-corrected chi connectivity index (χ2v) is 8.53. The summed E-state index contributed by atoms with van der Waals surface area (Å²) >= 11 is 0. The summed E-state index contributed by atoms with van der Waals surface area (Å²) in [6.07, 6.45) is 19.7. The Hall–Kier alpha value is -1.39. The topological polar surface area (TPSA) is 75.3 Å². The van der Waals surface area contributed by atoms with Crippen LogP contribution in [0.1, 0.15) is 114 Å². The predicted molar refractivity (Wildman–Crippen MR) is 127 cm³/mol. The molecule has 1 aromatic rings. The molecule has 0 saturated heterocycles. The van der Waals surface area contributed by atoms with Gasteiger partial charge in [0.15, 0.2) is 0 Å². The Labute approximate surface area is 185 Å². The minimum absolute atomic E-state index is 0.148. The molecule has 1 amide bonds. The standard InChI is InChI=1S/C26H46N2O2/c27-22-24-18-15-16-19-25(24)23-28-26(30)20-14-12-10-8-6-4-2-1-3-5-7-9-11-13-17-21-29/h15-16,18-19,29H,1-14,17,20-23,27H2,(H,28,30). The van der Waals surface area contributed by atoms with E-state index in [1.165, 1.54) is 77.0 Å². The second kappa shape index (κ2) is 19.6. The minimum atomic E-state index is 0.148. The first-order chi connectivity index (χ1) is 14.8. The van der Waals surface area contributed by atoms with Crippen LogP contribution in [0.15, 0.2) is 24.3 Å². The molecule has 0 aromatic heterocycles. The van der Waals surface area contributed by atoms with Crippen LogP contribution in [0.3, 0.4) is 0 Å². The number of benzene rings is 1. The molecule has 1 rings (SSSR count). The molecule has 172 valence electrons. The summed E-state index contributed by atoms with van der Waals surface area (Å²) in [6.45, 7) is 1.44. The van der Waals surface area contributed by atoms with Crippen LogP contribution in [0.2, 0.25) is 0 Å². The van der Waals surface area contributed by atoms with Gasteiger partial charge in [-0.3, -0.25) is 4.79 Å². The van der Waals surface area contributed by atoms with Gasteiger partial charge < -0.3 is 16.2 Å². The first-order valence-corrected chi connectivity index (χ1v) is 12.4. The fourth-order valence-corrected chi connectivity index (χ4v) is 3.91. The molecule has 0 saturated carbocycles. The normalized spacial score (nSPS) is 11.0. The summed E-state index contributed by atoms with van der Waals surface area (Å²) in [5.74, 6) is 0.148. The zero-order valence-corrected chi connectivity index (χ0v) is 19.2. The van der Waals surface area contributed by atoms with Gasteiger partial charge in [-0.1, -0.05) is 108 Å². The molecule has 0 aliphatic carbocycles. The Bertz CT molecular complexity index is 534. The van der Waals surface area contributed by atoms with Crippen molar-refractivity contribution in [3.05, 3.63) is 35.4 Å². The van der Waals surface area contributed by atoms with Crippen molar-refractivity contribution < 1.29 is 9.90 Å². The number of aliphatic hydroxyl groups excluding tert-OH is 1. The van der Waals surface area contributed by atoms with Crippen molar-refractivity contribution in [3.8, 4) is 0 Å². The number of aliphatic hydroxyl groups is 1. The van der Waals surface area contributed by atoms with Gasteiger partial charge >= 0.3 is 0 Å². The first kappa shape index (κ1) is 26.6. The van der Waals surface area contributed by atoms with Gasteiger partial charge in [0.2, 0.25) is 5.91 Å². The van der Waals surface area contributed by atoms with Crippen molar-refractivity contribution in [2.24, 2.45) is 5.73 Å². The molecule has 4 N–H and O–H groups in total. The van der Waals surface area contributed by atoms with Crippen LogP contribution >= 0.6 is 0 Å². The van der Waals surface area contributed by atoms with Crippen LogP contribution in [0.25, 0.3) is 0 Å². The summed E-state index contributed by atoms with van der Waals surface area (Å²) in [5.41, 5.74) is 7.96. The van der Waals surface area contributed by atoms with Crippen LogP contribution in [0, 0.1) is 0 Å². The Morgan fingerprint density at radius 1 is 0.700 bits per heavy atom. The molecule has 30 heavy (non-hydrogen) atoms. The van der Waals surface area contributed by atoms with E-state index in [4.69, 9.17) is 10.8 Å². The van der Waals surface area contributed by atoms with Crippen molar-refractivity contribution in [1.29, 1.82) is 0 Å². The highest BCUT2D eigenvalue weighted by Crippen LogP contribution is 2.14. The highest BCUT2D eigenvalue weighted by molar-refractivity contribution is 5.75. The molecular weight excluding hydrogens is 372 g/mol. The Morgan fingerprint density at radius 2 is 1.13 bits per heavy atom. The fraction of sp³-hybridized carbons (Fsp3) is 0.731. The molecule has 0 heterocycles. The number of carbonyl (C=O) groups excluding carboxylic acids is 1. The number of unbranched alkanes of at least 4 members (excludes halogenated alkanes) is 14. The molecule has 0 atom stereocenters.